The number of hydrogen-bond acceptors (Lipinski definition) is 8. The summed E-state index contributed by atoms with van der Waals surface area (Å²) >= 11 is 0. The van der Waals surface area contributed by atoms with Gasteiger partial charge >= 0.3 is 12.0 Å². The number of nitrogens with zero attached hydrogens (tertiary/aromatic N) is 1. The molecule has 2 aliphatic heterocycles. The van der Waals surface area contributed by atoms with Crippen LogP contribution in [0.3, 0.4) is 0 Å². The first-order valence-corrected chi connectivity index (χ1v) is 14.6. The van der Waals surface area contributed by atoms with E-state index in [1.807, 2.05) is 72.8 Å². The molecule has 3 aromatic rings. The van der Waals surface area contributed by atoms with E-state index in [1.165, 1.54) is 7.11 Å². The Morgan fingerprint density at radius 2 is 1.72 bits per heavy atom. The summed E-state index contributed by atoms with van der Waals surface area (Å²) in [5, 5.41) is 15.0. The van der Waals surface area contributed by atoms with Gasteiger partial charge in [-0.2, -0.15) is 0 Å². The molecular weight excluding hydrogens is 550 g/mol. The minimum absolute atomic E-state index is 0.0167. The topological polar surface area (TPSA) is 119 Å². The summed E-state index contributed by atoms with van der Waals surface area (Å²) < 4.78 is 23.4. The fraction of sp³-hybridized carbons (Fsp3) is 0.394. The average Bonchev–Trinajstić information content (AvgIpc) is 3.05. The van der Waals surface area contributed by atoms with Crippen LogP contribution in [-0.4, -0.2) is 74.1 Å². The van der Waals surface area contributed by atoms with E-state index < -0.39 is 24.3 Å². The number of morpholine rings is 1. The number of nitrogens with one attached hydrogen (secondary N) is 2. The zero-order chi connectivity index (χ0) is 30.0. The zero-order valence-corrected chi connectivity index (χ0v) is 24.3. The number of methoxy groups -OCH3 is 1. The van der Waals surface area contributed by atoms with Crippen molar-refractivity contribution in [2.24, 2.45) is 0 Å². The smallest absolute Gasteiger partial charge is 0.328 e. The van der Waals surface area contributed by atoms with E-state index >= 15 is 0 Å². The maximum absolute atomic E-state index is 13.0. The van der Waals surface area contributed by atoms with Gasteiger partial charge in [0.15, 0.2) is 6.29 Å². The molecule has 43 heavy (non-hydrogen) atoms. The summed E-state index contributed by atoms with van der Waals surface area (Å²) in [6.45, 7) is 3.86. The molecule has 3 N–H and O–H groups in total. The minimum Gasteiger partial charge on any atom is -0.467 e. The summed E-state index contributed by atoms with van der Waals surface area (Å²) in [4.78, 5) is 27.7. The fourth-order valence-corrected chi connectivity index (χ4v) is 5.38. The molecule has 228 valence electrons. The normalized spacial score (nSPS) is 21.5. The minimum atomic E-state index is -0.848. The van der Waals surface area contributed by atoms with Crippen LogP contribution in [0.25, 0.3) is 0 Å². The van der Waals surface area contributed by atoms with E-state index in [1.54, 1.807) is 6.07 Å². The van der Waals surface area contributed by atoms with Crippen molar-refractivity contribution in [1.82, 2.24) is 10.2 Å². The molecular formula is C33H39N3O7. The largest absolute Gasteiger partial charge is 0.467 e. The number of carbonyl (C=O) groups is 2. The molecule has 2 aliphatic rings. The first-order valence-electron chi connectivity index (χ1n) is 14.6. The number of rotatable bonds is 10. The lowest BCUT2D eigenvalue weighted by Crippen LogP contribution is -2.45. The molecule has 4 atom stereocenters. The number of benzene rings is 3. The van der Waals surface area contributed by atoms with E-state index in [-0.39, 0.29) is 18.8 Å². The third-order valence-corrected chi connectivity index (χ3v) is 7.67. The van der Waals surface area contributed by atoms with Gasteiger partial charge in [0.2, 0.25) is 0 Å². The van der Waals surface area contributed by atoms with Crippen molar-refractivity contribution < 1.29 is 33.6 Å². The van der Waals surface area contributed by atoms with Crippen molar-refractivity contribution in [2.75, 3.05) is 45.3 Å². The fourth-order valence-electron chi connectivity index (χ4n) is 5.38. The molecule has 10 nitrogen and oxygen atoms in total. The van der Waals surface area contributed by atoms with Crippen LogP contribution in [0.4, 0.5) is 10.5 Å². The molecule has 0 spiro atoms. The van der Waals surface area contributed by atoms with Crippen LogP contribution in [0.15, 0.2) is 78.9 Å². The Morgan fingerprint density at radius 3 is 2.44 bits per heavy atom. The van der Waals surface area contributed by atoms with Crippen molar-refractivity contribution in [3.05, 3.63) is 101 Å². The Morgan fingerprint density at radius 1 is 0.953 bits per heavy atom. The van der Waals surface area contributed by atoms with Gasteiger partial charge in [-0.1, -0.05) is 66.7 Å². The molecule has 2 amide bonds. The number of anilines is 1. The first-order chi connectivity index (χ1) is 21.0. The second-order valence-electron chi connectivity index (χ2n) is 10.8. The van der Waals surface area contributed by atoms with Gasteiger partial charge in [0.25, 0.3) is 0 Å². The monoisotopic (exact) mass is 589 g/mol. The predicted molar refractivity (Wildman–Crippen MR) is 160 cm³/mol. The van der Waals surface area contributed by atoms with E-state index in [0.29, 0.717) is 31.7 Å². The van der Waals surface area contributed by atoms with Crippen molar-refractivity contribution in [1.29, 1.82) is 0 Å². The van der Waals surface area contributed by atoms with Crippen molar-refractivity contribution in [2.45, 2.75) is 44.0 Å². The summed E-state index contributed by atoms with van der Waals surface area (Å²) in [7, 11) is 1.30. The number of carbonyl (C=O) groups excluding carboxylic acids is 2. The molecule has 10 heteroatoms. The van der Waals surface area contributed by atoms with Crippen LogP contribution in [0.1, 0.15) is 41.1 Å². The van der Waals surface area contributed by atoms with Crippen molar-refractivity contribution in [3.8, 4) is 0 Å². The molecule has 2 saturated heterocycles. The molecule has 0 unspecified atom stereocenters. The Labute approximate surface area is 251 Å². The quantitative estimate of drug-likeness (QED) is 0.304. The van der Waals surface area contributed by atoms with Crippen LogP contribution >= 0.6 is 0 Å². The second kappa shape index (κ2) is 15.1. The van der Waals surface area contributed by atoms with E-state index in [4.69, 9.17) is 18.9 Å². The van der Waals surface area contributed by atoms with E-state index in [2.05, 4.69) is 15.5 Å². The molecule has 2 fully saturated rings. The molecule has 3 aromatic carbocycles. The standard InChI is InChI=1S/C33H39N3O7/c1-40-31(38)29(18-23-6-3-2-4-7-23)35-33(39)34-27-9-5-8-26(19-27)32-42-28(21-36-14-16-41-17-15-36)20-30(43-32)25-12-10-24(22-37)11-13-25/h2-13,19,28-30,32,37H,14-18,20-22H2,1H3,(H2,34,35,39)/t28-,29-,30+,32+/m0/s1. The van der Waals surface area contributed by atoms with Gasteiger partial charge in [0, 0.05) is 43.7 Å². The molecule has 0 aliphatic carbocycles. The van der Waals surface area contributed by atoms with Gasteiger partial charge < -0.3 is 34.7 Å². The van der Waals surface area contributed by atoms with Gasteiger partial charge in [-0.05, 0) is 28.8 Å². The molecule has 2 heterocycles. The molecule has 5 rings (SSSR count). The Balaban J connectivity index is 1.29. The highest BCUT2D eigenvalue weighted by Gasteiger charge is 2.33. The summed E-state index contributed by atoms with van der Waals surface area (Å²) in [6.07, 6.45) is 0.0289. The number of aliphatic hydroxyl groups is 1. The first kappa shape index (κ1) is 30.7. The lowest BCUT2D eigenvalue weighted by molar-refractivity contribution is -0.253. The van der Waals surface area contributed by atoms with Crippen LogP contribution in [0.5, 0.6) is 0 Å². The van der Waals surface area contributed by atoms with Gasteiger partial charge in [0.1, 0.15) is 6.04 Å². The lowest BCUT2D eigenvalue weighted by Gasteiger charge is -2.39. The highest BCUT2D eigenvalue weighted by molar-refractivity contribution is 5.92. The zero-order valence-electron chi connectivity index (χ0n) is 24.3. The average molecular weight is 590 g/mol. The number of hydrogen-bond donors (Lipinski definition) is 3. The highest BCUT2D eigenvalue weighted by atomic mass is 16.7. The van der Waals surface area contributed by atoms with Crippen LogP contribution in [0.2, 0.25) is 0 Å². The van der Waals surface area contributed by atoms with E-state index in [0.717, 1.165) is 41.9 Å². The van der Waals surface area contributed by atoms with Gasteiger partial charge in [0.05, 0.1) is 39.1 Å². The number of amides is 2. The highest BCUT2D eigenvalue weighted by Crippen LogP contribution is 2.38. The SMILES string of the molecule is COC(=O)[C@H](Cc1ccccc1)NC(=O)Nc1cccc([C@@H]2O[C@H](CN3CCOCC3)C[C@H](c3ccc(CO)cc3)O2)c1. The maximum atomic E-state index is 13.0. The van der Waals surface area contributed by atoms with Gasteiger partial charge in [-0.15, -0.1) is 0 Å². The number of esters is 1. The third kappa shape index (κ3) is 8.62. The van der Waals surface area contributed by atoms with Crippen LogP contribution in [-0.2, 0) is 36.8 Å². The maximum Gasteiger partial charge on any atom is 0.328 e. The third-order valence-electron chi connectivity index (χ3n) is 7.67. The molecule has 0 bridgehead atoms. The van der Waals surface area contributed by atoms with Crippen molar-refractivity contribution in [3.63, 3.8) is 0 Å². The number of ether oxygens (including phenoxy) is 4. The molecule has 0 aromatic heterocycles. The Bertz CT molecular complexity index is 1330. The lowest BCUT2D eigenvalue weighted by atomic mass is 9.99. The number of urea groups is 1. The number of aliphatic hydroxyl groups excluding tert-OH is 1. The summed E-state index contributed by atoms with van der Waals surface area (Å²) in [5.41, 5.74) is 4.05. The van der Waals surface area contributed by atoms with E-state index in [9.17, 15) is 14.7 Å². The van der Waals surface area contributed by atoms with Gasteiger partial charge in [-0.3, -0.25) is 4.90 Å². The van der Waals surface area contributed by atoms with Crippen molar-refractivity contribution >= 4 is 17.7 Å². The van der Waals surface area contributed by atoms with Crippen LogP contribution < -0.4 is 10.6 Å². The van der Waals surface area contributed by atoms with Gasteiger partial charge in [-0.25, -0.2) is 9.59 Å². The molecule has 0 saturated carbocycles. The Kier molecular flexibility index (Phi) is 10.8. The Hall–Kier alpha value is -3.80. The van der Waals surface area contributed by atoms with Crippen LogP contribution in [0, 0.1) is 0 Å². The molecule has 0 radical (unpaired) electrons. The summed E-state index contributed by atoms with van der Waals surface area (Å²) in [6, 6.07) is 23.2. The second-order valence-corrected chi connectivity index (χ2v) is 10.8. The summed E-state index contributed by atoms with van der Waals surface area (Å²) in [5.74, 6) is -0.527. The predicted octanol–water partition coefficient (Wildman–Crippen LogP) is 3.96.